The normalized spacial score (nSPS) is 9.70. The predicted molar refractivity (Wildman–Crippen MR) is 77.1 cm³/mol. The van der Waals surface area contributed by atoms with Crippen molar-refractivity contribution in [1.82, 2.24) is 25.4 Å². The number of aromatic nitrogens is 5. The molecule has 0 aromatic carbocycles. The molecule has 2 aromatic rings. The van der Waals surface area contributed by atoms with Crippen molar-refractivity contribution in [3.05, 3.63) is 37.5 Å². The SMILES string of the molecule is Clc1nnc(Cl)c(Cl)n1.O=C(Cl)c1cc(Cl)nnc1Cl. The number of carbonyl (C=O) groups excluding carboxylic acids is 1. The van der Waals surface area contributed by atoms with Crippen molar-refractivity contribution in [2.75, 3.05) is 0 Å². The molecule has 0 spiro atoms. The molecule has 0 aliphatic heterocycles. The largest absolute Gasteiger partial charge is 0.275 e. The number of halogens is 6. The van der Waals surface area contributed by atoms with Crippen LogP contribution in [-0.2, 0) is 0 Å². The first kappa shape index (κ1) is 17.6. The minimum Gasteiger partial charge on any atom is -0.275 e. The van der Waals surface area contributed by atoms with Crippen LogP contribution >= 0.6 is 69.6 Å². The molecule has 0 radical (unpaired) electrons. The van der Waals surface area contributed by atoms with Crippen molar-refractivity contribution < 1.29 is 4.79 Å². The molecule has 0 N–H and O–H groups in total. The Morgan fingerprint density at radius 2 is 1.45 bits per heavy atom. The fraction of sp³-hybridized carbons (Fsp3) is 0. The van der Waals surface area contributed by atoms with Crippen LogP contribution in [0.5, 0.6) is 0 Å². The molecule has 0 bridgehead atoms. The molecule has 2 aromatic heterocycles. The summed E-state index contributed by atoms with van der Waals surface area (Å²) in [6.45, 7) is 0. The molecule has 2 rings (SSSR count). The Kier molecular flexibility index (Phi) is 7.08. The first-order chi connectivity index (χ1) is 9.31. The third kappa shape index (κ3) is 5.47. The van der Waals surface area contributed by atoms with Gasteiger partial charge < -0.3 is 0 Å². The lowest BCUT2D eigenvalue weighted by atomic mass is 10.3. The number of nitrogens with zero attached hydrogens (tertiary/aromatic N) is 5. The van der Waals surface area contributed by atoms with Gasteiger partial charge in [0.25, 0.3) is 5.24 Å². The molecule has 20 heavy (non-hydrogen) atoms. The van der Waals surface area contributed by atoms with Crippen LogP contribution in [0.4, 0.5) is 0 Å². The summed E-state index contributed by atoms with van der Waals surface area (Å²) in [4.78, 5) is 14.1. The second-order valence-electron chi connectivity index (χ2n) is 2.81. The second-order valence-corrected chi connectivity index (χ2v) is 4.95. The number of hydrogen-bond acceptors (Lipinski definition) is 6. The van der Waals surface area contributed by atoms with Crippen LogP contribution in [0.1, 0.15) is 10.4 Å². The minimum atomic E-state index is -0.702. The maximum atomic E-state index is 10.6. The van der Waals surface area contributed by atoms with Crippen molar-refractivity contribution in [2.24, 2.45) is 0 Å². The first-order valence-corrected chi connectivity index (χ1v) is 6.67. The Labute approximate surface area is 142 Å². The minimum absolute atomic E-state index is 0.00981. The molecule has 0 saturated carbocycles. The van der Waals surface area contributed by atoms with Gasteiger partial charge in [-0.25, -0.2) is 4.98 Å². The average molecular weight is 396 g/mol. The van der Waals surface area contributed by atoms with Crippen LogP contribution < -0.4 is 0 Å². The van der Waals surface area contributed by atoms with Gasteiger partial charge in [-0.15, -0.1) is 20.4 Å². The highest BCUT2D eigenvalue weighted by Crippen LogP contribution is 2.17. The summed E-state index contributed by atoms with van der Waals surface area (Å²) < 4.78 is 0. The molecule has 0 aliphatic rings. The molecular weight excluding hydrogens is 395 g/mol. The van der Waals surface area contributed by atoms with Gasteiger partial charge in [-0.05, 0) is 29.3 Å². The smallest absolute Gasteiger partial charge is 0.255 e. The lowest BCUT2D eigenvalue weighted by molar-refractivity contribution is 0.108. The summed E-state index contributed by atoms with van der Waals surface area (Å²) in [7, 11) is 0. The van der Waals surface area contributed by atoms with Crippen LogP contribution in [0.3, 0.4) is 0 Å². The van der Waals surface area contributed by atoms with E-state index in [9.17, 15) is 4.79 Å². The summed E-state index contributed by atoms with van der Waals surface area (Å²) in [6.07, 6.45) is 0. The molecule has 2 heterocycles. The maximum absolute atomic E-state index is 10.6. The van der Waals surface area contributed by atoms with Gasteiger partial charge in [0.15, 0.2) is 20.6 Å². The summed E-state index contributed by atoms with van der Waals surface area (Å²) in [6, 6.07) is 1.26. The van der Waals surface area contributed by atoms with Gasteiger partial charge in [-0.2, -0.15) is 0 Å². The first-order valence-electron chi connectivity index (χ1n) is 4.41. The Hall–Kier alpha value is -0.500. The maximum Gasteiger partial charge on any atom is 0.255 e. The number of rotatable bonds is 1. The van der Waals surface area contributed by atoms with E-state index in [0.717, 1.165) is 0 Å². The molecule has 106 valence electrons. The Morgan fingerprint density at radius 1 is 0.850 bits per heavy atom. The van der Waals surface area contributed by atoms with E-state index in [-0.39, 0.29) is 31.5 Å². The Bertz CT molecular complexity index is 639. The molecule has 0 saturated heterocycles. The molecule has 0 fully saturated rings. The molecule has 0 amide bonds. The van der Waals surface area contributed by atoms with Crippen LogP contribution in [0.25, 0.3) is 0 Å². The Balaban J connectivity index is 0.000000204. The fourth-order valence-corrected chi connectivity index (χ4v) is 1.65. The quantitative estimate of drug-likeness (QED) is 0.679. The Morgan fingerprint density at radius 3 is 1.90 bits per heavy atom. The highest BCUT2D eigenvalue weighted by molar-refractivity contribution is 6.68. The van der Waals surface area contributed by atoms with Crippen molar-refractivity contribution in [2.45, 2.75) is 0 Å². The van der Waals surface area contributed by atoms with Crippen molar-refractivity contribution >= 4 is 74.8 Å². The molecule has 12 heteroatoms. The van der Waals surface area contributed by atoms with E-state index in [4.69, 9.17) is 69.6 Å². The van der Waals surface area contributed by atoms with E-state index in [1.165, 1.54) is 6.07 Å². The standard InChI is InChI=1S/C5HCl3N2O.C3Cl3N3/c6-3-1-2(5(8)11)4(7)10-9-3;4-1-2(5)8-9-3(6)7-1/h1H;. The highest BCUT2D eigenvalue weighted by atomic mass is 35.5. The van der Waals surface area contributed by atoms with Gasteiger partial charge >= 0.3 is 0 Å². The lowest BCUT2D eigenvalue weighted by Crippen LogP contribution is -1.94. The topological polar surface area (TPSA) is 81.5 Å². The van der Waals surface area contributed by atoms with E-state index in [2.05, 4.69) is 25.4 Å². The van der Waals surface area contributed by atoms with Crippen LogP contribution in [-0.4, -0.2) is 30.6 Å². The van der Waals surface area contributed by atoms with Gasteiger partial charge in [0.05, 0.1) is 5.56 Å². The molecule has 0 atom stereocenters. The van der Waals surface area contributed by atoms with Crippen LogP contribution in [0.2, 0.25) is 25.9 Å². The van der Waals surface area contributed by atoms with E-state index in [0.29, 0.717) is 0 Å². The van der Waals surface area contributed by atoms with Gasteiger partial charge in [0.2, 0.25) is 5.28 Å². The van der Waals surface area contributed by atoms with Crippen molar-refractivity contribution in [3.8, 4) is 0 Å². The average Bonchev–Trinajstić information content (AvgIpc) is 2.38. The monoisotopic (exact) mass is 393 g/mol. The third-order valence-corrected chi connectivity index (χ3v) is 2.95. The van der Waals surface area contributed by atoms with Gasteiger partial charge in [-0.1, -0.05) is 46.4 Å². The fourth-order valence-electron chi connectivity index (χ4n) is 0.767. The molecule has 0 unspecified atom stereocenters. The predicted octanol–water partition coefficient (Wildman–Crippen LogP) is 3.99. The van der Waals surface area contributed by atoms with Crippen molar-refractivity contribution in [1.29, 1.82) is 0 Å². The van der Waals surface area contributed by atoms with E-state index < -0.39 is 5.24 Å². The zero-order chi connectivity index (χ0) is 15.3. The summed E-state index contributed by atoms with van der Waals surface area (Å²) >= 11 is 32.0. The zero-order valence-corrected chi connectivity index (χ0v) is 13.5. The molecule has 6 nitrogen and oxygen atoms in total. The molecule has 0 aliphatic carbocycles. The van der Waals surface area contributed by atoms with Crippen LogP contribution in [0.15, 0.2) is 6.07 Å². The van der Waals surface area contributed by atoms with E-state index in [1.54, 1.807) is 0 Å². The van der Waals surface area contributed by atoms with Gasteiger partial charge in [0, 0.05) is 0 Å². The number of hydrogen-bond donors (Lipinski definition) is 0. The van der Waals surface area contributed by atoms with E-state index >= 15 is 0 Å². The van der Waals surface area contributed by atoms with Gasteiger partial charge in [0.1, 0.15) is 0 Å². The highest BCUT2D eigenvalue weighted by Gasteiger charge is 2.09. The van der Waals surface area contributed by atoms with Crippen molar-refractivity contribution in [3.63, 3.8) is 0 Å². The third-order valence-electron chi connectivity index (χ3n) is 1.51. The summed E-state index contributed by atoms with van der Waals surface area (Å²) in [5, 5.41) is 12.9. The lowest BCUT2D eigenvalue weighted by Gasteiger charge is -1.94. The summed E-state index contributed by atoms with van der Waals surface area (Å²) in [5.74, 6) is 0. The second kappa shape index (κ2) is 8.07. The zero-order valence-electron chi connectivity index (χ0n) is 8.99. The number of carbonyl (C=O) groups is 1. The molecular formula is C8HCl6N5O. The summed E-state index contributed by atoms with van der Waals surface area (Å²) in [5.41, 5.74) is 0.0633. The van der Waals surface area contributed by atoms with Gasteiger partial charge in [-0.3, -0.25) is 4.79 Å². The van der Waals surface area contributed by atoms with E-state index in [1.807, 2.05) is 0 Å². The van der Waals surface area contributed by atoms with Crippen LogP contribution in [0, 0.1) is 0 Å².